The van der Waals surface area contributed by atoms with E-state index >= 15 is 0 Å². The molecule has 0 amide bonds. The van der Waals surface area contributed by atoms with Gasteiger partial charge in [-0.1, -0.05) is 17.7 Å². The fourth-order valence-electron chi connectivity index (χ4n) is 2.46. The van der Waals surface area contributed by atoms with Crippen LogP contribution in [-0.2, 0) is 10.0 Å². The molecule has 2 heterocycles. The maximum atomic E-state index is 12.5. The minimum atomic E-state index is -3.73. The van der Waals surface area contributed by atoms with Crippen LogP contribution in [0.25, 0.3) is 0 Å². The van der Waals surface area contributed by atoms with Crippen LogP contribution in [0.3, 0.4) is 0 Å². The third kappa shape index (κ3) is 3.80. The summed E-state index contributed by atoms with van der Waals surface area (Å²) in [6.07, 6.45) is 1.58. The molecule has 0 bridgehead atoms. The van der Waals surface area contributed by atoms with Gasteiger partial charge >= 0.3 is 0 Å². The normalized spacial score (nSPS) is 11.3. The summed E-state index contributed by atoms with van der Waals surface area (Å²) in [5.41, 5.74) is 3.79. The van der Waals surface area contributed by atoms with Crippen LogP contribution in [0.2, 0.25) is 0 Å². The molecule has 3 N–H and O–H groups in total. The zero-order valence-corrected chi connectivity index (χ0v) is 15.0. The highest BCUT2D eigenvalue weighted by Gasteiger charge is 2.22. The second-order valence-corrected chi connectivity index (χ2v) is 7.41. The molecule has 25 heavy (non-hydrogen) atoms. The number of anilines is 3. The van der Waals surface area contributed by atoms with Crippen molar-refractivity contribution in [1.82, 2.24) is 15.2 Å². The van der Waals surface area contributed by atoms with Crippen molar-refractivity contribution in [3.63, 3.8) is 0 Å². The summed E-state index contributed by atoms with van der Waals surface area (Å²) in [5.74, 6) is 0.245. The molecule has 8 heteroatoms. The van der Waals surface area contributed by atoms with E-state index in [-0.39, 0.29) is 10.7 Å². The molecule has 0 atom stereocenters. The number of hydrogen-bond donors (Lipinski definition) is 3. The number of aromatic amines is 1. The number of rotatable bonds is 5. The molecule has 0 unspecified atom stereocenters. The molecule has 3 aromatic rings. The predicted molar refractivity (Wildman–Crippen MR) is 97.6 cm³/mol. The molecule has 0 radical (unpaired) electrons. The maximum absolute atomic E-state index is 12.5. The van der Waals surface area contributed by atoms with Gasteiger partial charge in [0.25, 0.3) is 10.0 Å². The molecule has 3 rings (SSSR count). The number of benzene rings is 1. The van der Waals surface area contributed by atoms with Crippen LogP contribution in [0, 0.1) is 20.8 Å². The van der Waals surface area contributed by atoms with E-state index in [2.05, 4.69) is 25.2 Å². The molecule has 2 aromatic heterocycles. The second-order valence-electron chi connectivity index (χ2n) is 5.79. The van der Waals surface area contributed by atoms with Gasteiger partial charge in [-0.15, -0.1) is 0 Å². The summed E-state index contributed by atoms with van der Waals surface area (Å²) in [6, 6.07) is 11.3. The fraction of sp³-hybridized carbons (Fsp3) is 0.176. The molecule has 0 saturated heterocycles. The second kappa shape index (κ2) is 6.56. The number of aryl methyl sites for hydroxylation is 3. The van der Waals surface area contributed by atoms with Crippen molar-refractivity contribution >= 4 is 27.2 Å². The lowest BCUT2D eigenvalue weighted by Gasteiger charge is -2.09. The summed E-state index contributed by atoms with van der Waals surface area (Å²) in [5, 5.41) is 9.80. The number of hydrogen-bond acceptors (Lipinski definition) is 5. The smallest absolute Gasteiger partial charge is 0.266 e. The first kappa shape index (κ1) is 17.0. The Bertz CT molecular complexity index is 957. The number of H-pyrrole nitrogens is 1. The Morgan fingerprint density at radius 3 is 2.20 bits per heavy atom. The zero-order chi connectivity index (χ0) is 18.0. The number of aromatic nitrogens is 3. The van der Waals surface area contributed by atoms with Crippen molar-refractivity contribution in [3.8, 4) is 0 Å². The van der Waals surface area contributed by atoms with Crippen molar-refractivity contribution < 1.29 is 8.42 Å². The van der Waals surface area contributed by atoms with Gasteiger partial charge < -0.3 is 5.32 Å². The van der Waals surface area contributed by atoms with E-state index in [1.807, 2.05) is 31.2 Å². The van der Waals surface area contributed by atoms with Crippen LogP contribution in [0.4, 0.5) is 17.2 Å². The molecule has 0 spiro atoms. The van der Waals surface area contributed by atoms with E-state index in [4.69, 9.17) is 0 Å². The van der Waals surface area contributed by atoms with E-state index in [0.717, 1.165) is 11.4 Å². The summed E-state index contributed by atoms with van der Waals surface area (Å²) >= 11 is 0. The molecule has 0 aliphatic carbocycles. The molecular weight excluding hydrogens is 338 g/mol. The van der Waals surface area contributed by atoms with Gasteiger partial charge in [-0.2, -0.15) is 5.10 Å². The molecule has 0 saturated carbocycles. The highest BCUT2D eigenvalue weighted by Crippen LogP contribution is 2.21. The maximum Gasteiger partial charge on any atom is 0.266 e. The highest BCUT2D eigenvalue weighted by atomic mass is 32.2. The largest absolute Gasteiger partial charge is 0.354 e. The van der Waals surface area contributed by atoms with Crippen molar-refractivity contribution in [3.05, 3.63) is 59.5 Å². The van der Waals surface area contributed by atoms with Gasteiger partial charge in [-0.05, 0) is 45.0 Å². The van der Waals surface area contributed by atoms with Crippen LogP contribution in [0.15, 0.2) is 47.5 Å². The Morgan fingerprint density at radius 2 is 1.64 bits per heavy atom. The number of sulfonamides is 1. The Kier molecular flexibility index (Phi) is 4.45. The van der Waals surface area contributed by atoms with Gasteiger partial charge in [0.15, 0.2) is 0 Å². The van der Waals surface area contributed by atoms with Crippen LogP contribution >= 0.6 is 0 Å². The van der Waals surface area contributed by atoms with Crippen molar-refractivity contribution in [2.24, 2.45) is 0 Å². The third-order valence-corrected chi connectivity index (χ3v) is 5.29. The van der Waals surface area contributed by atoms with E-state index in [9.17, 15) is 8.42 Å². The molecule has 0 aliphatic heterocycles. The van der Waals surface area contributed by atoms with Crippen molar-refractivity contribution in [2.45, 2.75) is 25.7 Å². The van der Waals surface area contributed by atoms with E-state index < -0.39 is 10.0 Å². The average Bonchev–Trinajstić information content (AvgIpc) is 2.91. The van der Waals surface area contributed by atoms with Gasteiger partial charge in [0.2, 0.25) is 0 Å². The monoisotopic (exact) mass is 357 g/mol. The Balaban J connectivity index is 1.75. The Hall–Kier alpha value is -2.87. The van der Waals surface area contributed by atoms with Gasteiger partial charge in [0.1, 0.15) is 10.7 Å². The number of nitrogens with one attached hydrogen (secondary N) is 3. The van der Waals surface area contributed by atoms with Gasteiger partial charge in [0, 0.05) is 5.69 Å². The standard InChI is InChI=1S/C17H19N5O2S/c1-11-4-6-14(7-5-11)19-15-8-9-16(18-10-15)22-25(23,24)17-12(2)20-21-13(17)3/h4-10,19H,1-3H3,(H,18,22)(H,20,21). The minimum absolute atomic E-state index is 0.149. The molecule has 130 valence electrons. The summed E-state index contributed by atoms with van der Waals surface area (Å²) in [4.78, 5) is 4.31. The predicted octanol–water partition coefficient (Wildman–Crippen LogP) is 3.27. The van der Waals surface area contributed by atoms with Crippen molar-refractivity contribution in [2.75, 3.05) is 10.0 Å². The van der Waals surface area contributed by atoms with Crippen LogP contribution in [0.5, 0.6) is 0 Å². The van der Waals surface area contributed by atoms with Gasteiger partial charge in [-0.25, -0.2) is 13.4 Å². The number of pyridine rings is 1. The lowest BCUT2D eigenvalue weighted by Crippen LogP contribution is -2.15. The van der Waals surface area contributed by atoms with Crippen molar-refractivity contribution in [1.29, 1.82) is 0 Å². The minimum Gasteiger partial charge on any atom is -0.354 e. The Labute approximate surface area is 146 Å². The first-order valence-electron chi connectivity index (χ1n) is 7.69. The quantitative estimate of drug-likeness (QED) is 0.651. The van der Waals surface area contributed by atoms with Crippen LogP contribution in [-0.4, -0.2) is 23.6 Å². The molecule has 0 aliphatic rings. The molecule has 7 nitrogen and oxygen atoms in total. The zero-order valence-electron chi connectivity index (χ0n) is 14.2. The molecule has 0 fully saturated rings. The van der Waals surface area contributed by atoms with Crippen LogP contribution in [0.1, 0.15) is 17.0 Å². The topological polar surface area (TPSA) is 99.8 Å². The summed E-state index contributed by atoms with van der Waals surface area (Å²) in [6.45, 7) is 5.33. The highest BCUT2D eigenvalue weighted by molar-refractivity contribution is 7.92. The van der Waals surface area contributed by atoms with E-state index in [1.165, 1.54) is 5.56 Å². The third-order valence-electron chi connectivity index (χ3n) is 3.67. The van der Waals surface area contributed by atoms with E-state index in [0.29, 0.717) is 11.4 Å². The fourth-order valence-corrected chi connectivity index (χ4v) is 3.84. The number of nitrogens with zero attached hydrogens (tertiary/aromatic N) is 2. The lowest BCUT2D eigenvalue weighted by molar-refractivity contribution is 0.600. The summed E-state index contributed by atoms with van der Waals surface area (Å²) < 4.78 is 27.4. The van der Waals surface area contributed by atoms with Gasteiger partial charge in [0.05, 0.1) is 23.3 Å². The first-order chi connectivity index (χ1) is 11.8. The SMILES string of the molecule is Cc1ccc(Nc2ccc(NS(=O)(=O)c3c(C)n[nH]c3C)nc2)cc1. The lowest BCUT2D eigenvalue weighted by atomic mass is 10.2. The van der Waals surface area contributed by atoms with Crippen LogP contribution < -0.4 is 10.0 Å². The average molecular weight is 357 g/mol. The Morgan fingerprint density at radius 1 is 0.960 bits per heavy atom. The molecular formula is C17H19N5O2S. The van der Waals surface area contributed by atoms with E-state index in [1.54, 1.807) is 32.2 Å². The first-order valence-corrected chi connectivity index (χ1v) is 9.17. The molecule has 1 aromatic carbocycles. The summed E-state index contributed by atoms with van der Waals surface area (Å²) in [7, 11) is -3.73. The van der Waals surface area contributed by atoms with Gasteiger partial charge in [-0.3, -0.25) is 9.82 Å².